The van der Waals surface area contributed by atoms with E-state index in [1.165, 1.54) is 0 Å². The quantitative estimate of drug-likeness (QED) is 0.480. The van der Waals surface area contributed by atoms with Gasteiger partial charge < -0.3 is 4.48 Å². The number of phosphoric ester groups is 1. The van der Waals surface area contributed by atoms with Crippen LogP contribution >= 0.6 is 7.82 Å². The normalized spacial score (nSPS) is 13.1. The number of quaternary nitrogens is 1. The van der Waals surface area contributed by atoms with E-state index in [2.05, 4.69) is 0 Å². The predicted molar refractivity (Wildman–Crippen MR) is 59.7 cm³/mol. The highest BCUT2D eigenvalue weighted by Crippen LogP contribution is 2.48. The van der Waals surface area contributed by atoms with Crippen LogP contribution in [0.2, 0.25) is 0 Å². The van der Waals surface area contributed by atoms with Crippen LogP contribution in [0, 0.1) is 0 Å². The Morgan fingerprint density at radius 3 is 1.80 bits per heavy atom. The van der Waals surface area contributed by atoms with Crippen molar-refractivity contribution < 1.29 is 22.6 Å². The molecule has 0 aliphatic rings. The molecule has 15 heavy (non-hydrogen) atoms. The standard InChI is InChI=1S/C9H23NO4P/c1-6-12-15(11,13-7-2)14-9-8-10(3,4)5/h6-9H2,1-5H3/q+1. The number of phosphoric acid groups is 1. The van der Waals surface area contributed by atoms with Gasteiger partial charge in [-0.15, -0.1) is 0 Å². The maximum absolute atomic E-state index is 11.8. The van der Waals surface area contributed by atoms with Gasteiger partial charge in [0.1, 0.15) is 13.2 Å². The fourth-order valence-electron chi connectivity index (χ4n) is 0.855. The molecule has 0 aliphatic carbocycles. The molecule has 6 heteroatoms. The van der Waals surface area contributed by atoms with Crippen molar-refractivity contribution in [3.63, 3.8) is 0 Å². The Kier molecular flexibility index (Phi) is 6.64. The van der Waals surface area contributed by atoms with Crippen LogP contribution < -0.4 is 0 Å². The average molecular weight is 240 g/mol. The Hall–Kier alpha value is 0.0700. The molecule has 0 rings (SSSR count). The second kappa shape index (κ2) is 6.61. The third-order valence-electron chi connectivity index (χ3n) is 1.59. The first kappa shape index (κ1) is 15.1. The van der Waals surface area contributed by atoms with Gasteiger partial charge in [-0.25, -0.2) is 4.57 Å². The van der Waals surface area contributed by atoms with E-state index >= 15 is 0 Å². The summed E-state index contributed by atoms with van der Waals surface area (Å²) in [6.45, 7) is 5.28. The van der Waals surface area contributed by atoms with Gasteiger partial charge in [0.2, 0.25) is 0 Å². The highest BCUT2D eigenvalue weighted by atomic mass is 31.2. The van der Waals surface area contributed by atoms with Gasteiger partial charge in [0, 0.05) is 0 Å². The second-order valence-corrected chi connectivity index (χ2v) is 5.80. The number of likely N-dealkylation sites (N-methyl/N-ethyl adjacent to an activating group) is 1. The van der Waals surface area contributed by atoms with E-state index in [0.29, 0.717) is 19.8 Å². The first-order valence-electron chi connectivity index (χ1n) is 5.17. The smallest absolute Gasteiger partial charge is 0.329 e. The zero-order valence-corrected chi connectivity index (χ0v) is 11.3. The number of rotatable bonds is 8. The highest BCUT2D eigenvalue weighted by Gasteiger charge is 2.26. The van der Waals surface area contributed by atoms with E-state index in [4.69, 9.17) is 13.6 Å². The molecule has 0 bridgehead atoms. The zero-order chi connectivity index (χ0) is 11.9. The summed E-state index contributed by atoms with van der Waals surface area (Å²) in [7, 11) is 2.80. The maximum Gasteiger partial charge on any atom is 0.474 e. The number of hydrogen-bond donors (Lipinski definition) is 0. The summed E-state index contributed by atoms with van der Waals surface area (Å²) in [5.41, 5.74) is 0. The van der Waals surface area contributed by atoms with Crippen molar-refractivity contribution in [2.24, 2.45) is 0 Å². The monoisotopic (exact) mass is 240 g/mol. The van der Waals surface area contributed by atoms with Crippen LogP contribution in [0.1, 0.15) is 13.8 Å². The van der Waals surface area contributed by atoms with E-state index in [1.54, 1.807) is 13.8 Å². The number of hydrogen-bond acceptors (Lipinski definition) is 4. The van der Waals surface area contributed by atoms with E-state index in [1.807, 2.05) is 21.1 Å². The minimum atomic E-state index is -3.32. The van der Waals surface area contributed by atoms with Gasteiger partial charge in [-0.05, 0) is 13.8 Å². The Labute approximate surface area is 92.5 Å². The summed E-state index contributed by atoms with van der Waals surface area (Å²) >= 11 is 0. The third-order valence-corrected chi connectivity index (χ3v) is 3.23. The van der Waals surface area contributed by atoms with Crippen molar-refractivity contribution in [2.45, 2.75) is 13.8 Å². The average Bonchev–Trinajstić information content (AvgIpc) is 2.01. The lowest BCUT2D eigenvalue weighted by atomic mass is 10.5. The van der Waals surface area contributed by atoms with Crippen molar-refractivity contribution in [3.05, 3.63) is 0 Å². The Morgan fingerprint density at radius 2 is 1.47 bits per heavy atom. The highest BCUT2D eigenvalue weighted by molar-refractivity contribution is 7.48. The molecule has 0 radical (unpaired) electrons. The van der Waals surface area contributed by atoms with Crippen LogP contribution in [0.3, 0.4) is 0 Å². The second-order valence-electron chi connectivity index (χ2n) is 4.13. The van der Waals surface area contributed by atoms with Gasteiger partial charge in [-0.1, -0.05) is 0 Å². The molecule has 0 heterocycles. The molecule has 5 nitrogen and oxygen atoms in total. The molecule has 0 saturated carbocycles. The van der Waals surface area contributed by atoms with Gasteiger partial charge in [-0.2, -0.15) is 0 Å². The first-order chi connectivity index (χ1) is 6.83. The Balaban J connectivity index is 4.02. The predicted octanol–water partition coefficient (Wildman–Crippen LogP) is 1.89. The van der Waals surface area contributed by atoms with E-state index < -0.39 is 7.82 Å². The molecule has 0 atom stereocenters. The molecule has 0 N–H and O–H groups in total. The fourth-order valence-corrected chi connectivity index (χ4v) is 2.02. The van der Waals surface area contributed by atoms with Crippen LogP contribution in [0.4, 0.5) is 0 Å². The number of nitrogens with zero attached hydrogens (tertiary/aromatic N) is 1. The van der Waals surface area contributed by atoms with E-state index in [9.17, 15) is 4.57 Å². The van der Waals surface area contributed by atoms with Crippen molar-refractivity contribution in [1.29, 1.82) is 0 Å². The van der Waals surface area contributed by atoms with Gasteiger partial charge in [0.05, 0.1) is 34.4 Å². The van der Waals surface area contributed by atoms with Crippen LogP contribution in [-0.4, -0.2) is 52.0 Å². The molecule has 92 valence electrons. The first-order valence-corrected chi connectivity index (χ1v) is 6.63. The van der Waals surface area contributed by atoms with Crippen molar-refractivity contribution in [3.8, 4) is 0 Å². The Morgan fingerprint density at radius 1 is 1.00 bits per heavy atom. The molecule has 0 fully saturated rings. The third kappa shape index (κ3) is 7.94. The summed E-state index contributed by atoms with van der Waals surface area (Å²) in [5.74, 6) is 0. The minimum absolute atomic E-state index is 0.321. The topological polar surface area (TPSA) is 44.8 Å². The van der Waals surface area contributed by atoms with Crippen molar-refractivity contribution in [2.75, 3.05) is 47.5 Å². The van der Waals surface area contributed by atoms with Crippen LogP contribution in [0.25, 0.3) is 0 Å². The van der Waals surface area contributed by atoms with Crippen molar-refractivity contribution >= 4 is 7.82 Å². The van der Waals surface area contributed by atoms with Gasteiger partial charge in [-0.3, -0.25) is 13.6 Å². The lowest BCUT2D eigenvalue weighted by Gasteiger charge is -2.24. The summed E-state index contributed by atoms with van der Waals surface area (Å²) in [6, 6.07) is 0. The molecular weight excluding hydrogens is 217 g/mol. The van der Waals surface area contributed by atoms with Gasteiger partial charge in [0.15, 0.2) is 0 Å². The molecule has 0 unspecified atom stereocenters. The van der Waals surface area contributed by atoms with E-state index in [-0.39, 0.29) is 0 Å². The molecule has 0 spiro atoms. The largest absolute Gasteiger partial charge is 0.474 e. The maximum atomic E-state index is 11.8. The molecule has 0 aromatic rings. The van der Waals surface area contributed by atoms with Gasteiger partial charge >= 0.3 is 7.82 Å². The summed E-state index contributed by atoms with van der Waals surface area (Å²) in [4.78, 5) is 0. The molecule has 0 amide bonds. The SMILES string of the molecule is CCOP(=O)(OCC)OCC[N+](C)(C)C. The van der Waals surface area contributed by atoms with Crippen LogP contribution in [0.15, 0.2) is 0 Å². The van der Waals surface area contributed by atoms with Crippen molar-refractivity contribution in [1.82, 2.24) is 0 Å². The minimum Gasteiger partial charge on any atom is -0.329 e. The fraction of sp³-hybridized carbons (Fsp3) is 1.00. The molecule has 0 aromatic heterocycles. The molecule has 0 aliphatic heterocycles. The van der Waals surface area contributed by atoms with E-state index in [0.717, 1.165) is 11.0 Å². The summed E-state index contributed by atoms with van der Waals surface area (Å²) in [5, 5.41) is 0. The molecule has 0 saturated heterocycles. The van der Waals surface area contributed by atoms with Crippen LogP contribution in [0.5, 0.6) is 0 Å². The summed E-state index contributed by atoms with van der Waals surface area (Å²) < 4.78 is 27.7. The zero-order valence-electron chi connectivity index (χ0n) is 10.4. The molecule has 0 aromatic carbocycles. The summed E-state index contributed by atoms with van der Waals surface area (Å²) in [6.07, 6.45) is 0. The molecular formula is C9H23NO4P+. The lowest BCUT2D eigenvalue weighted by molar-refractivity contribution is -0.870. The van der Waals surface area contributed by atoms with Gasteiger partial charge in [0.25, 0.3) is 0 Å². The Bertz CT molecular complexity index is 205. The lowest BCUT2D eigenvalue weighted by Crippen LogP contribution is -2.37. The van der Waals surface area contributed by atoms with Crippen LogP contribution in [-0.2, 0) is 18.1 Å².